The molecular weight excluding hydrogens is 552 g/mol. The summed E-state index contributed by atoms with van der Waals surface area (Å²) in [4.78, 5) is 0. The van der Waals surface area contributed by atoms with E-state index in [1.807, 2.05) is 0 Å². The van der Waals surface area contributed by atoms with Gasteiger partial charge in [-0.05, 0) is 111 Å². The van der Waals surface area contributed by atoms with E-state index in [0.29, 0.717) is 15.8 Å². The van der Waals surface area contributed by atoms with Gasteiger partial charge in [0.25, 0.3) is 0 Å². The van der Waals surface area contributed by atoms with Crippen LogP contribution in [0.5, 0.6) is 0 Å². The van der Waals surface area contributed by atoms with E-state index in [9.17, 15) is 0 Å². The molecule has 0 atom stereocenters. The van der Waals surface area contributed by atoms with E-state index in [-0.39, 0.29) is 41.3 Å². The maximum atomic E-state index is 1.61. The third-order valence-electron chi connectivity index (χ3n) is 10.5. The summed E-state index contributed by atoms with van der Waals surface area (Å²) in [6.07, 6.45) is 38.0. The monoisotopic (exact) mass is 604 g/mol. The van der Waals surface area contributed by atoms with Crippen LogP contribution < -0.4 is 24.8 Å². The van der Waals surface area contributed by atoms with Crippen LogP contribution in [0.2, 0.25) is 0 Å². The van der Waals surface area contributed by atoms with E-state index < -0.39 is 0 Å². The van der Waals surface area contributed by atoms with Gasteiger partial charge in [0, 0.05) is 0 Å². The van der Waals surface area contributed by atoms with Crippen LogP contribution in [0.15, 0.2) is 0 Å². The van der Waals surface area contributed by atoms with E-state index in [0.717, 1.165) is 0 Å². The van der Waals surface area contributed by atoms with Crippen LogP contribution in [0.3, 0.4) is 0 Å². The summed E-state index contributed by atoms with van der Waals surface area (Å²) in [5.41, 5.74) is 7.26. The van der Waals surface area contributed by atoms with Crippen molar-refractivity contribution in [1.82, 2.24) is 0 Å². The van der Waals surface area contributed by atoms with Gasteiger partial charge in [-0.2, -0.15) is 0 Å². The van der Waals surface area contributed by atoms with E-state index in [2.05, 4.69) is 0 Å². The van der Waals surface area contributed by atoms with Crippen LogP contribution in [0, 0.1) is 0 Å². The first-order valence-electron chi connectivity index (χ1n) is 15.4. The number of hydrogen-bond acceptors (Lipinski definition) is 0. The van der Waals surface area contributed by atoms with Gasteiger partial charge in [0.05, 0.1) is 0 Å². The van der Waals surface area contributed by atoms with Crippen molar-refractivity contribution in [3.05, 3.63) is 0 Å². The molecule has 6 saturated carbocycles. The Morgan fingerprint density at radius 1 is 0.257 bits per heavy atom. The molecule has 0 unspecified atom stereocenters. The first kappa shape index (κ1) is 33.1. The molecule has 0 radical (unpaired) electrons. The van der Waals surface area contributed by atoms with Crippen LogP contribution in [-0.4, -0.2) is 34.0 Å². The predicted octanol–water partition coefficient (Wildman–Crippen LogP) is 4.60. The summed E-state index contributed by atoms with van der Waals surface area (Å²) in [6.45, 7) is 0. The van der Waals surface area contributed by atoms with Crippen LogP contribution in [0.1, 0.15) is 154 Å². The van der Waals surface area contributed by atoms with Gasteiger partial charge in [0.2, 0.25) is 0 Å². The van der Waals surface area contributed by atoms with Crippen molar-refractivity contribution < 1.29 is 41.3 Å². The number of hydrogen-bond donors (Lipinski definition) is 0. The van der Waals surface area contributed by atoms with E-state index in [1.165, 1.54) is 34.0 Å². The average Bonchev–Trinajstić information content (AvgIpc) is 3.67. The molecule has 0 bridgehead atoms. The molecule has 0 aromatic heterocycles. The van der Waals surface area contributed by atoms with Crippen LogP contribution in [0.4, 0.5) is 0 Å². The predicted molar refractivity (Wildman–Crippen MR) is 147 cm³/mol. The molecule has 0 saturated heterocycles. The first-order valence-corrected chi connectivity index (χ1v) is 18.5. The molecule has 0 N–H and O–H groups in total. The molecule has 0 aromatic carbocycles. The minimum atomic E-state index is 0. The molecule has 0 spiro atoms. The molecule has 0 aliphatic heterocycles. The molecule has 0 nitrogen and oxygen atoms in total. The Hall–Kier alpha value is 1.93. The first-order chi connectivity index (χ1) is 15.9. The second-order valence-corrected chi connectivity index (χ2v) is 18.7. The third-order valence-corrected chi connectivity index (χ3v) is 18.6. The molecule has 5 heteroatoms. The van der Waals surface area contributed by atoms with Crippen molar-refractivity contribution >= 4 is 15.8 Å². The maximum Gasteiger partial charge on any atom is 2.00 e. The van der Waals surface area contributed by atoms with Crippen LogP contribution >= 0.6 is 15.8 Å². The summed E-state index contributed by atoms with van der Waals surface area (Å²) >= 11 is 0. The zero-order valence-electron chi connectivity index (χ0n) is 22.4. The van der Waals surface area contributed by atoms with Crippen molar-refractivity contribution in [2.24, 2.45) is 0 Å². The second-order valence-electron chi connectivity index (χ2n) is 12.5. The minimum Gasteiger partial charge on any atom is -1.00 e. The van der Waals surface area contributed by atoms with E-state index in [4.69, 9.17) is 0 Å². The molecule has 6 aliphatic rings. The van der Waals surface area contributed by atoms with Gasteiger partial charge in [-0.15, -0.1) is 0 Å². The SMILES string of the molecule is C1CCC(P(C2CCCC2)C2CCCC2)C1.C1CCC(P(C2CCCC2)C2CCCC2)C1.[Cl-].[Cl-].[Ni+2]. The number of rotatable bonds is 6. The zero-order chi connectivity index (χ0) is 21.6. The van der Waals surface area contributed by atoms with Gasteiger partial charge in [-0.25, -0.2) is 0 Å². The summed E-state index contributed by atoms with van der Waals surface area (Å²) in [5, 5.41) is 0. The second kappa shape index (κ2) is 17.6. The van der Waals surface area contributed by atoms with Gasteiger partial charge in [-0.3, -0.25) is 0 Å². The molecule has 0 amide bonds. The normalized spacial score (nSPS) is 27.3. The fraction of sp³-hybridized carbons (Fsp3) is 1.00. The molecule has 0 aromatic rings. The molecular formula is C30H54Cl2NiP2. The summed E-state index contributed by atoms with van der Waals surface area (Å²) in [6, 6.07) is 0. The quantitative estimate of drug-likeness (QED) is 0.307. The van der Waals surface area contributed by atoms with Crippen molar-refractivity contribution in [3.8, 4) is 0 Å². The fourth-order valence-electron chi connectivity index (χ4n) is 9.00. The Morgan fingerprint density at radius 3 is 0.486 bits per heavy atom. The molecule has 6 rings (SSSR count). The minimum absolute atomic E-state index is 0. The van der Waals surface area contributed by atoms with Gasteiger partial charge >= 0.3 is 16.5 Å². The Balaban J connectivity index is 0.000000227. The van der Waals surface area contributed by atoms with Crippen molar-refractivity contribution in [3.63, 3.8) is 0 Å². The summed E-state index contributed by atoms with van der Waals surface area (Å²) < 4.78 is 0. The number of halogens is 2. The third kappa shape index (κ3) is 8.97. The Morgan fingerprint density at radius 2 is 0.371 bits per heavy atom. The van der Waals surface area contributed by atoms with Crippen LogP contribution in [-0.2, 0) is 16.5 Å². The fourth-order valence-corrected chi connectivity index (χ4v) is 18.3. The Bertz CT molecular complexity index is 404. The zero-order valence-corrected chi connectivity index (χ0v) is 26.7. The van der Waals surface area contributed by atoms with Crippen molar-refractivity contribution in [2.75, 3.05) is 0 Å². The van der Waals surface area contributed by atoms with Gasteiger partial charge in [0.1, 0.15) is 0 Å². The van der Waals surface area contributed by atoms with Crippen molar-refractivity contribution in [2.45, 2.75) is 188 Å². The topological polar surface area (TPSA) is 0 Å². The van der Waals surface area contributed by atoms with Gasteiger partial charge in [0.15, 0.2) is 0 Å². The molecule has 208 valence electrons. The van der Waals surface area contributed by atoms with E-state index in [1.54, 1.807) is 154 Å². The average molecular weight is 606 g/mol. The summed E-state index contributed by atoms with van der Waals surface area (Å²) in [7, 11) is 0.872. The molecule has 0 heterocycles. The largest absolute Gasteiger partial charge is 2.00 e. The Kier molecular flexibility index (Phi) is 16.7. The molecule has 35 heavy (non-hydrogen) atoms. The standard InChI is InChI=1S/2C15H27P.2ClH.Ni/c2*1-2-8-13(7-1)16(14-9-3-4-10-14)15-11-5-6-12-15;;;/h2*13-15H,1-12H2;2*1H;/q;;;;+2/p-2. The van der Waals surface area contributed by atoms with Gasteiger partial charge in [-0.1, -0.05) is 92.9 Å². The van der Waals surface area contributed by atoms with Crippen LogP contribution in [0.25, 0.3) is 0 Å². The molecule has 6 fully saturated rings. The Labute approximate surface area is 244 Å². The maximum absolute atomic E-state index is 1.61. The molecule has 6 aliphatic carbocycles. The van der Waals surface area contributed by atoms with E-state index >= 15 is 0 Å². The smallest absolute Gasteiger partial charge is 1.00 e. The van der Waals surface area contributed by atoms with Crippen molar-refractivity contribution in [1.29, 1.82) is 0 Å². The summed E-state index contributed by atoms with van der Waals surface area (Å²) in [5.74, 6) is 0. The van der Waals surface area contributed by atoms with Gasteiger partial charge < -0.3 is 24.8 Å².